The van der Waals surface area contributed by atoms with E-state index in [1.54, 1.807) is 24.3 Å². The van der Waals surface area contributed by atoms with Gasteiger partial charge in [0.05, 0.1) is 24.1 Å². The molecule has 1 amide bonds. The second-order valence-corrected chi connectivity index (χ2v) is 7.86. The largest absolute Gasteiger partial charge is 0.493 e. The highest BCUT2D eigenvalue weighted by atomic mass is 16.6. The van der Waals surface area contributed by atoms with Gasteiger partial charge in [-0.2, -0.15) is 0 Å². The molecular formula is C24H28N2O7. The van der Waals surface area contributed by atoms with Gasteiger partial charge in [-0.1, -0.05) is 25.5 Å². The summed E-state index contributed by atoms with van der Waals surface area (Å²) in [7, 11) is 1.29. The number of carbonyl (C=O) groups is 2. The van der Waals surface area contributed by atoms with Crippen LogP contribution in [0.1, 0.15) is 48.5 Å². The summed E-state index contributed by atoms with van der Waals surface area (Å²) in [6, 6.07) is 10.9. The number of esters is 1. The molecule has 0 spiro atoms. The number of ether oxygens (including phenoxy) is 3. The van der Waals surface area contributed by atoms with Crippen LogP contribution in [0, 0.1) is 10.1 Å². The normalized spacial score (nSPS) is 14.8. The fourth-order valence-electron chi connectivity index (χ4n) is 3.85. The van der Waals surface area contributed by atoms with Gasteiger partial charge in [-0.05, 0) is 43.0 Å². The van der Waals surface area contributed by atoms with Crippen LogP contribution in [0.4, 0.5) is 11.4 Å². The summed E-state index contributed by atoms with van der Waals surface area (Å²) in [5, 5.41) is 13.9. The Morgan fingerprint density at radius 3 is 2.45 bits per heavy atom. The summed E-state index contributed by atoms with van der Waals surface area (Å²) < 4.78 is 16.1. The Kier molecular flexibility index (Phi) is 8.00. The van der Waals surface area contributed by atoms with E-state index in [0.717, 1.165) is 12.8 Å². The number of hydrogen-bond acceptors (Lipinski definition) is 7. The number of nitro benzene ring substituents is 1. The van der Waals surface area contributed by atoms with Crippen molar-refractivity contribution in [2.75, 3.05) is 32.2 Å². The highest BCUT2D eigenvalue weighted by Gasteiger charge is 2.42. The van der Waals surface area contributed by atoms with Gasteiger partial charge in [-0.15, -0.1) is 0 Å². The first-order valence-corrected chi connectivity index (χ1v) is 10.9. The summed E-state index contributed by atoms with van der Waals surface area (Å²) in [6.07, 6.45) is 2.66. The van der Waals surface area contributed by atoms with Gasteiger partial charge in [0.1, 0.15) is 11.3 Å². The highest BCUT2D eigenvalue weighted by Crippen LogP contribution is 2.37. The van der Waals surface area contributed by atoms with E-state index in [1.807, 2.05) is 6.92 Å². The predicted octanol–water partition coefficient (Wildman–Crippen LogP) is 4.25. The SMILES string of the molecule is CCCCOc1ccc(NC(=O)C2(c3ccc([N+](=O)[O-])cc3)CCOCC2)cc1C(=O)OC. The summed E-state index contributed by atoms with van der Waals surface area (Å²) in [6.45, 7) is 3.29. The van der Waals surface area contributed by atoms with Crippen molar-refractivity contribution in [2.45, 2.75) is 38.0 Å². The third kappa shape index (κ3) is 5.48. The fourth-order valence-corrected chi connectivity index (χ4v) is 3.85. The van der Waals surface area contributed by atoms with Crippen LogP contribution in [0.5, 0.6) is 5.75 Å². The van der Waals surface area contributed by atoms with E-state index in [0.29, 0.717) is 49.7 Å². The lowest BCUT2D eigenvalue weighted by atomic mass is 9.73. The van der Waals surface area contributed by atoms with E-state index in [-0.39, 0.29) is 17.2 Å². The summed E-state index contributed by atoms with van der Waals surface area (Å²) in [5.74, 6) is -0.437. The second kappa shape index (κ2) is 10.9. The Morgan fingerprint density at radius 2 is 1.85 bits per heavy atom. The first-order valence-electron chi connectivity index (χ1n) is 10.9. The lowest BCUT2D eigenvalue weighted by Crippen LogP contribution is -2.44. The van der Waals surface area contributed by atoms with Gasteiger partial charge in [0.15, 0.2) is 0 Å². The van der Waals surface area contributed by atoms with Crippen LogP contribution in [0.2, 0.25) is 0 Å². The maximum Gasteiger partial charge on any atom is 0.341 e. The molecule has 2 aromatic carbocycles. The molecule has 176 valence electrons. The van der Waals surface area contributed by atoms with Crippen molar-refractivity contribution in [1.82, 2.24) is 0 Å². The number of hydrogen-bond donors (Lipinski definition) is 1. The summed E-state index contributed by atoms with van der Waals surface area (Å²) in [5.41, 5.74) is 0.387. The number of nitrogens with one attached hydrogen (secondary N) is 1. The zero-order valence-electron chi connectivity index (χ0n) is 18.8. The van der Waals surface area contributed by atoms with Crippen LogP contribution in [0.25, 0.3) is 0 Å². The van der Waals surface area contributed by atoms with E-state index in [4.69, 9.17) is 14.2 Å². The number of nitrogens with zero attached hydrogens (tertiary/aromatic N) is 1. The molecule has 1 fully saturated rings. The summed E-state index contributed by atoms with van der Waals surface area (Å²) >= 11 is 0. The molecule has 0 bridgehead atoms. The predicted molar refractivity (Wildman–Crippen MR) is 122 cm³/mol. The van der Waals surface area contributed by atoms with Gasteiger partial charge in [0, 0.05) is 31.0 Å². The third-order valence-electron chi connectivity index (χ3n) is 5.81. The van der Waals surface area contributed by atoms with Crippen LogP contribution >= 0.6 is 0 Å². The monoisotopic (exact) mass is 456 g/mol. The van der Waals surface area contributed by atoms with E-state index >= 15 is 0 Å². The van der Waals surface area contributed by atoms with Gasteiger partial charge >= 0.3 is 5.97 Å². The van der Waals surface area contributed by atoms with Crippen LogP contribution in [0.3, 0.4) is 0 Å². The third-order valence-corrected chi connectivity index (χ3v) is 5.81. The number of amides is 1. The number of unbranched alkanes of at least 4 members (excludes halogenated alkanes) is 1. The number of nitro groups is 1. The molecule has 0 atom stereocenters. The zero-order chi connectivity index (χ0) is 23.8. The number of non-ortho nitro benzene ring substituents is 1. The van der Waals surface area contributed by atoms with Crippen molar-refractivity contribution < 1.29 is 28.7 Å². The van der Waals surface area contributed by atoms with Crippen LogP contribution in [-0.2, 0) is 19.7 Å². The molecule has 0 aliphatic carbocycles. The average molecular weight is 456 g/mol. The molecule has 3 rings (SSSR count). The molecule has 1 aliphatic heterocycles. The van der Waals surface area contributed by atoms with E-state index < -0.39 is 16.3 Å². The number of rotatable bonds is 9. The van der Waals surface area contributed by atoms with Crippen molar-refractivity contribution in [3.8, 4) is 5.75 Å². The van der Waals surface area contributed by atoms with Crippen LogP contribution in [-0.4, -0.2) is 43.7 Å². The van der Waals surface area contributed by atoms with Gasteiger partial charge in [0.2, 0.25) is 5.91 Å². The van der Waals surface area contributed by atoms with E-state index in [2.05, 4.69) is 5.32 Å². The molecule has 0 unspecified atom stereocenters. The maximum atomic E-state index is 13.5. The summed E-state index contributed by atoms with van der Waals surface area (Å²) in [4.78, 5) is 36.3. The quantitative estimate of drug-likeness (QED) is 0.259. The lowest BCUT2D eigenvalue weighted by molar-refractivity contribution is -0.384. The van der Waals surface area contributed by atoms with E-state index in [1.165, 1.54) is 25.3 Å². The molecule has 1 N–H and O–H groups in total. The van der Waals surface area contributed by atoms with Crippen molar-refractivity contribution >= 4 is 23.3 Å². The molecule has 0 aromatic heterocycles. The molecule has 33 heavy (non-hydrogen) atoms. The van der Waals surface area contributed by atoms with Crippen LogP contribution in [0.15, 0.2) is 42.5 Å². The van der Waals surface area contributed by atoms with Crippen molar-refractivity contribution in [3.63, 3.8) is 0 Å². The molecule has 1 heterocycles. The molecule has 1 saturated heterocycles. The molecule has 0 saturated carbocycles. The number of methoxy groups -OCH3 is 1. The van der Waals surface area contributed by atoms with Gasteiger partial charge in [0.25, 0.3) is 5.69 Å². The number of benzene rings is 2. The fraction of sp³-hybridized carbons (Fsp3) is 0.417. The number of carbonyl (C=O) groups excluding carboxylic acids is 2. The molecular weight excluding hydrogens is 428 g/mol. The Morgan fingerprint density at radius 1 is 1.15 bits per heavy atom. The Bertz CT molecular complexity index is 998. The molecule has 0 radical (unpaired) electrons. The smallest absolute Gasteiger partial charge is 0.341 e. The van der Waals surface area contributed by atoms with Gasteiger partial charge in [-0.3, -0.25) is 14.9 Å². The highest BCUT2D eigenvalue weighted by molar-refractivity contribution is 6.01. The number of anilines is 1. The first kappa shape index (κ1) is 24.2. The van der Waals surface area contributed by atoms with E-state index in [9.17, 15) is 19.7 Å². The Labute approximate surface area is 192 Å². The van der Waals surface area contributed by atoms with Crippen molar-refractivity contribution in [1.29, 1.82) is 0 Å². The van der Waals surface area contributed by atoms with Crippen molar-refractivity contribution in [2.24, 2.45) is 0 Å². The molecule has 9 heteroatoms. The van der Waals surface area contributed by atoms with Crippen molar-refractivity contribution in [3.05, 3.63) is 63.7 Å². The molecule has 9 nitrogen and oxygen atoms in total. The zero-order valence-corrected chi connectivity index (χ0v) is 18.8. The maximum absolute atomic E-state index is 13.5. The Balaban J connectivity index is 1.88. The minimum absolute atomic E-state index is 0.0391. The van der Waals surface area contributed by atoms with Crippen LogP contribution < -0.4 is 10.1 Å². The van der Waals surface area contributed by atoms with Gasteiger partial charge < -0.3 is 19.5 Å². The molecule has 2 aromatic rings. The van der Waals surface area contributed by atoms with Gasteiger partial charge in [-0.25, -0.2) is 4.79 Å². The second-order valence-electron chi connectivity index (χ2n) is 7.86. The average Bonchev–Trinajstić information content (AvgIpc) is 2.84. The Hall–Kier alpha value is -3.46. The minimum atomic E-state index is -0.908. The standard InChI is InChI=1S/C24H28N2O7/c1-3-4-13-33-21-10-7-18(16-20(21)22(27)31-2)25-23(28)24(11-14-32-15-12-24)17-5-8-19(9-6-17)26(29)30/h5-10,16H,3-4,11-15H2,1-2H3,(H,25,28). The first-order chi connectivity index (χ1) is 15.9. The minimum Gasteiger partial charge on any atom is -0.493 e. The lowest BCUT2D eigenvalue weighted by Gasteiger charge is -2.36. The molecule has 1 aliphatic rings. The topological polar surface area (TPSA) is 117 Å².